The molecule has 0 N–H and O–H groups in total. The van der Waals surface area contributed by atoms with Gasteiger partial charge in [0.25, 0.3) is 0 Å². The predicted molar refractivity (Wildman–Crippen MR) is 18.2 cm³/mol. The fourth-order valence-corrected chi connectivity index (χ4v) is 0. The molecule has 0 aliphatic rings. The molecule has 0 spiro atoms. The van der Waals surface area contributed by atoms with Crippen LogP contribution in [-0.2, 0) is 17.1 Å². The van der Waals surface area contributed by atoms with Crippen molar-refractivity contribution in [1.82, 2.24) is 0 Å². The molecule has 0 fully saturated rings. The van der Waals surface area contributed by atoms with E-state index in [0.717, 1.165) is 0 Å². The maximum atomic E-state index is 0. The van der Waals surface area contributed by atoms with E-state index < -0.39 is 0 Å². The summed E-state index contributed by atoms with van der Waals surface area (Å²) in [6.07, 6.45) is 0. The third-order valence-electron chi connectivity index (χ3n) is 0. The zero-order valence-electron chi connectivity index (χ0n) is 9.77. The molecule has 5 heavy (non-hydrogen) atoms. The molecule has 0 saturated carbocycles. The largest absolute Gasteiger partial charge is 2.00 e. The molecular formula is H6CaFeKMgNa. The van der Waals surface area contributed by atoms with Crippen LogP contribution in [0.25, 0.3) is 0 Å². The third-order valence-corrected chi connectivity index (χ3v) is 0. The Morgan fingerprint density at radius 2 is 1.20 bits per heavy atom. The molecule has 0 aromatic rings. The molecule has 5 heteroatoms. The summed E-state index contributed by atoms with van der Waals surface area (Å²) in [7, 11) is 0. The van der Waals surface area contributed by atoms with Crippen molar-refractivity contribution < 1.29 is 107 Å². The second-order valence-corrected chi connectivity index (χ2v) is 0. The predicted octanol–water partition coefficient (Wildman–Crippen LogP) is -6.08. The van der Waals surface area contributed by atoms with Crippen molar-refractivity contribution in [3.8, 4) is 0 Å². The van der Waals surface area contributed by atoms with Crippen LogP contribution >= 0.6 is 0 Å². The van der Waals surface area contributed by atoms with Crippen LogP contribution in [0.3, 0.4) is 0 Å². The molecule has 0 saturated heterocycles. The van der Waals surface area contributed by atoms with Gasteiger partial charge in [0.2, 0.25) is 0 Å². The van der Waals surface area contributed by atoms with Gasteiger partial charge in [0.15, 0.2) is 0 Å². The molecule has 0 aromatic heterocycles. The summed E-state index contributed by atoms with van der Waals surface area (Å²) in [6.45, 7) is 0. The van der Waals surface area contributed by atoms with E-state index in [1.165, 1.54) is 0 Å². The van der Waals surface area contributed by atoms with E-state index in [-0.39, 0.29) is 167 Å². The van der Waals surface area contributed by atoms with Crippen molar-refractivity contribution in [2.75, 3.05) is 0 Å². The molecule has 0 heterocycles. The smallest absolute Gasteiger partial charge is 1.00 e. The van der Waals surface area contributed by atoms with Crippen molar-refractivity contribution >= 4 is 60.8 Å². The Labute approximate surface area is 163 Å². The summed E-state index contributed by atoms with van der Waals surface area (Å²) in [5.41, 5.74) is 0. The second-order valence-electron chi connectivity index (χ2n) is 0. The van der Waals surface area contributed by atoms with Crippen LogP contribution in [0, 0.1) is 0 Å². The number of rotatable bonds is 0. The summed E-state index contributed by atoms with van der Waals surface area (Å²) in [6, 6.07) is 0. The summed E-state index contributed by atoms with van der Waals surface area (Å²) in [5.74, 6) is 0. The SMILES string of the molecule is [Ca+2].[Fe].[H-].[H-].[H-].[H-].[H-].[H-].[K+].[Mg+2].[Na+]. The standard InChI is InChI=1S/Ca.Fe.K.Mg.Na.6H/q+2;;+1;+2;+1;6*-1. The Bertz CT molecular complexity index is 22.5. The van der Waals surface area contributed by atoms with Crippen LogP contribution in [0.1, 0.15) is 8.56 Å². The van der Waals surface area contributed by atoms with E-state index in [1.807, 2.05) is 0 Å². The Morgan fingerprint density at radius 3 is 1.20 bits per heavy atom. The van der Waals surface area contributed by atoms with Gasteiger partial charge in [-0.15, -0.1) is 0 Å². The maximum Gasteiger partial charge on any atom is 2.00 e. The normalized spacial score (nSPS) is 0. The van der Waals surface area contributed by atoms with E-state index in [9.17, 15) is 0 Å². The van der Waals surface area contributed by atoms with Gasteiger partial charge in [-0.1, -0.05) is 0 Å². The molecule has 0 atom stereocenters. The summed E-state index contributed by atoms with van der Waals surface area (Å²) in [5, 5.41) is 0. The first-order chi connectivity index (χ1) is 0. The van der Waals surface area contributed by atoms with Crippen molar-refractivity contribution in [3.05, 3.63) is 0 Å². The Kier molecular flexibility index (Phi) is 146. The molecule has 0 rings (SSSR count). The quantitative estimate of drug-likeness (QED) is 0.332. The van der Waals surface area contributed by atoms with E-state index in [4.69, 9.17) is 0 Å². The van der Waals surface area contributed by atoms with Gasteiger partial charge < -0.3 is 8.56 Å². The Balaban J connectivity index is 0. The van der Waals surface area contributed by atoms with E-state index >= 15 is 0 Å². The topological polar surface area (TPSA) is 0 Å². The van der Waals surface area contributed by atoms with Gasteiger partial charge in [-0.05, 0) is 0 Å². The first-order valence-corrected chi connectivity index (χ1v) is 0. The van der Waals surface area contributed by atoms with Crippen LogP contribution in [0.15, 0.2) is 0 Å². The van der Waals surface area contributed by atoms with Gasteiger partial charge in [0, 0.05) is 17.1 Å². The monoisotopic (exact) mass is 188 g/mol. The van der Waals surface area contributed by atoms with Crippen LogP contribution in [-0.4, -0.2) is 60.8 Å². The first kappa shape index (κ1) is 32.0. The Hall–Kier alpha value is 5.18. The van der Waals surface area contributed by atoms with Crippen LogP contribution in [0.5, 0.6) is 0 Å². The summed E-state index contributed by atoms with van der Waals surface area (Å²) >= 11 is 0. The van der Waals surface area contributed by atoms with Crippen LogP contribution < -0.4 is 80.9 Å². The number of hydrogen-bond acceptors (Lipinski definition) is 0. The molecular weight excluding hydrogens is 182 g/mol. The minimum Gasteiger partial charge on any atom is -1.00 e. The van der Waals surface area contributed by atoms with Gasteiger partial charge in [-0.2, -0.15) is 0 Å². The molecule has 0 unspecified atom stereocenters. The van der Waals surface area contributed by atoms with E-state index in [2.05, 4.69) is 0 Å². The molecule has 0 nitrogen and oxygen atoms in total. The fourth-order valence-electron chi connectivity index (χ4n) is 0. The molecule has 20 valence electrons. The molecule has 0 amide bonds. The van der Waals surface area contributed by atoms with Gasteiger partial charge >= 0.3 is 142 Å². The van der Waals surface area contributed by atoms with Crippen molar-refractivity contribution in [1.29, 1.82) is 0 Å². The molecule has 0 aliphatic carbocycles. The van der Waals surface area contributed by atoms with Crippen molar-refractivity contribution in [2.45, 2.75) is 0 Å². The summed E-state index contributed by atoms with van der Waals surface area (Å²) < 4.78 is 0. The number of hydrogen-bond donors (Lipinski definition) is 0. The first-order valence-electron chi connectivity index (χ1n) is 0. The summed E-state index contributed by atoms with van der Waals surface area (Å²) in [4.78, 5) is 0. The third kappa shape index (κ3) is 17.6. The Morgan fingerprint density at radius 1 is 1.20 bits per heavy atom. The van der Waals surface area contributed by atoms with Gasteiger partial charge in [-0.3, -0.25) is 0 Å². The average molecular weight is 188 g/mol. The van der Waals surface area contributed by atoms with E-state index in [0.29, 0.717) is 0 Å². The minimum absolute atomic E-state index is 0. The zero-order valence-corrected chi connectivity index (χ0v) is 13.6. The van der Waals surface area contributed by atoms with Gasteiger partial charge in [-0.25, -0.2) is 0 Å². The van der Waals surface area contributed by atoms with E-state index in [1.54, 1.807) is 0 Å². The second kappa shape index (κ2) is 22.9. The zero-order chi connectivity index (χ0) is 0. The van der Waals surface area contributed by atoms with Crippen LogP contribution in [0.4, 0.5) is 0 Å². The van der Waals surface area contributed by atoms with Crippen molar-refractivity contribution in [3.63, 3.8) is 0 Å². The minimum atomic E-state index is 0. The molecule has 0 aliphatic heterocycles. The van der Waals surface area contributed by atoms with Crippen LogP contribution in [0.2, 0.25) is 0 Å². The molecule has 0 aromatic carbocycles. The molecule has 0 bridgehead atoms. The van der Waals surface area contributed by atoms with Gasteiger partial charge in [0.05, 0.1) is 0 Å². The fraction of sp³-hybridized carbons (Fsp3) is 0. The average Bonchev–Trinajstić information content (AvgIpc) is 0. The maximum absolute atomic E-state index is 0. The van der Waals surface area contributed by atoms with Gasteiger partial charge in [0.1, 0.15) is 0 Å². The molecule has 0 radical (unpaired) electrons. The van der Waals surface area contributed by atoms with Crippen molar-refractivity contribution in [2.24, 2.45) is 0 Å².